The van der Waals surface area contributed by atoms with Gasteiger partial charge < -0.3 is 13.0 Å². The molecule has 3 nitrogen and oxygen atoms in total. The molecule has 7 heteroatoms. The van der Waals surface area contributed by atoms with Crippen molar-refractivity contribution in [3.63, 3.8) is 0 Å². The molecule has 6 aromatic carbocycles. The Labute approximate surface area is 332 Å². The third-order valence-corrected chi connectivity index (χ3v) is 14.6. The van der Waals surface area contributed by atoms with Crippen molar-refractivity contribution in [2.45, 2.75) is 39.3 Å². The minimum atomic E-state index is -2.41. The zero-order chi connectivity index (χ0) is 38.7. The fraction of sp³-hybridized carbons (Fsp3) is 0.125. The molecular formula is C48H51BO3Si3. The van der Waals surface area contributed by atoms with Crippen LogP contribution in [0.15, 0.2) is 181 Å². The monoisotopic (exact) mass is 770 g/mol. The molecule has 6 aromatic rings. The minimum Gasteiger partial charge on any atom is -0.426 e. The lowest BCUT2D eigenvalue weighted by Crippen LogP contribution is -2.50. The van der Waals surface area contributed by atoms with Crippen LogP contribution >= 0.6 is 0 Å². The predicted molar refractivity (Wildman–Crippen MR) is 244 cm³/mol. The largest absolute Gasteiger partial charge is 0.607 e. The van der Waals surface area contributed by atoms with Gasteiger partial charge in [-0.3, -0.25) is 0 Å². The van der Waals surface area contributed by atoms with Gasteiger partial charge in [-0.05, 0) is 89.4 Å². The highest BCUT2D eigenvalue weighted by Crippen LogP contribution is 2.25. The molecule has 0 saturated heterocycles. The Morgan fingerprint density at radius 1 is 0.309 bits per heavy atom. The Morgan fingerprint density at radius 3 is 0.764 bits per heavy atom. The van der Waals surface area contributed by atoms with E-state index < -0.39 is 32.3 Å². The molecule has 0 saturated carbocycles. The van der Waals surface area contributed by atoms with Gasteiger partial charge in [-0.2, -0.15) is 0 Å². The predicted octanol–water partition coefficient (Wildman–Crippen LogP) is 13.4. The summed E-state index contributed by atoms with van der Waals surface area (Å²) in [4.78, 5) is 0. The Morgan fingerprint density at radius 2 is 0.527 bits per heavy atom. The first-order chi connectivity index (χ1) is 26.4. The van der Waals surface area contributed by atoms with Crippen molar-refractivity contribution in [2.24, 2.45) is 0 Å². The molecule has 276 valence electrons. The van der Waals surface area contributed by atoms with E-state index in [1.54, 1.807) is 0 Å². The number of hydrogen-bond acceptors (Lipinski definition) is 3. The number of hydrogen-bond donors (Lipinski definition) is 0. The van der Waals surface area contributed by atoms with E-state index >= 15 is 0 Å². The Bertz CT molecular complexity index is 1930. The third-order valence-electron chi connectivity index (χ3n) is 9.28. The molecule has 0 aliphatic carbocycles. The van der Waals surface area contributed by atoms with Gasteiger partial charge in [0.25, 0.3) is 0 Å². The van der Waals surface area contributed by atoms with E-state index in [-0.39, 0.29) is 0 Å². The van der Waals surface area contributed by atoms with Crippen LogP contribution < -0.4 is 0 Å². The first-order valence-corrected chi connectivity index (χ1v) is 28.0. The van der Waals surface area contributed by atoms with Gasteiger partial charge in [0, 0.05) is 0 Å². The molecule has 0 atom stereocenters. The highest BCUT2D eigenvalue weighted by Gasteiger charge is 2.39. The Balaban J connectivity index is 1.17. The van der Waals surface area contributed by atoms with Crippen LogP contribution in [0.4, 0.5) is 0 Å². The van der Waals surface area contributed by atoms with Crippen LogP contribution in [0.25, 0.3) is 51.6 Å². The topological polar surface area (TPSA) is 27.7 Å². The van der Waals surface area contributed by atoms with Gasteiger partial charge in [-0.15, -0.1) is 0 Å². The zero-order valence-electron chi connectivity index (χ0n) is 32.9. The van der Waals surface area contributed by atoms with Crippen LogP contribution in [-0.2, 0) is 13.0 Å². The fourth-order valence-corrected chi connectivity index (χ4v) is 10.2. The van der Waals surface area contributed by atoms with Gasteiger partial charge in [0.15, 0.2) is 25.0 Å². The van der Waals surface area contributed by atoms with E-state index in [1.807, 2.05) is 18.2 Å². The van der Waals surface area contributed by atoms with Crippen LogP contribution in [0.3, 0.4) is 0 Å². The second-order valence-electron chi connectivity index (χ2n) is 15.4. The summed E-state index contributed by atoms with van der Waals surface area (Å²) in [6, 6.07) is 57.4. The SMILES string of the molecule is C[Si](C)(/C=C\c1ccc(-c2ccccc2)cc1)OB(O[Si](C)(C)/C=C/c1ccc(-c2ccccc2)cc1)O[Si](C)(C)/C=C/c1ccc(-c2ccccc2)cc1. The fourth-order valence-electron chi connectivity index (χ4n) is 6.08. The molecule has 6 rings (SSSR count). The lowest BCUT2D eigenvalue weighted by molar-refractivity contribution is 0.304. The maximum Gasteiger partial charge on any atom is 0.607 e. The van der Waals surface area contributed by atoms with Crippen molar-refractivity contribution >= 4 is 50.5 Å². The molecule has 0 aromatic heterocycles. The van der Waals surface area contributed by atoms with Crippen LogP contribution in [0.1, 0.15) is 16.7 Å². The smallest absolute Gasteiger partial charge is 0.426 e. The average Bonchev–Trinajstić information content (AvgIpc) is 3.20. The van der Waals surface area contributed by atoms with E-state index in [1.165, 1.54) is 33.4 Å². The summed E-state index contributed by atoms with van der Waals surface area (Å²) < 4.78 is 20.6. The van der Waals surface area contributed by atoms with Crippen molar-refractivity contribution < 1.29 is 13.0 Å². The first kappa shape index (κ1) is 39.8. The zero-order valence-corrected chi connectivity index (χ0v) is 35.9. The van der Waals surface area contributed by atoms with Crippen LogP contribution in [-0.4, -0.2) is 32.3 Å². The van der Waals surface area contributed by atoms with Gasteiger partial charge in [0.2, 0.25) is 0 Å². The van der Waals surface area contributed by atoms with Crippen molar-refractivity contribution in [1.82, 2.24) is 0 Å². The summed E-state index contributed by atoms with van der Waals surface area (Å²) >= 11 is 0. The van der Waals surface area contributed by atoms with Crippen molar-refractivity contribution in [3.8, 4) is 33.4 Å². The second-order valence-corrected chi connectivity index (χ2v) is 26.7. The van der Waals surface area contributed by atoms with E-state index in [9.17, 15) is 0 Å². The quantitative estimate of drug-likeness (QED) is 0.0974. The number of benzene rings is 6. The molecule has 0 heterocycles. The molecule has 0 spiro atoms. The molecule has 0 amide bonds. The maximum atomic E-state index is 6.87. The summed E-state index contributed by atoms with van der Waals surface area (Å²) in [7, 11) is -8.03. The van der Waals surface area contributed by atoms with Crippen molar-refractivity contribution in [1.29, 1.82) is 0 Å². The average molecular weight is 771 g/mol. The normalized spacial score (nSPS) is 12.5. The summed E-state index contributed by atoms with van der Waals surface area (Å²) in [6.07, 6.45) is 6.50. The van der Waals surface area contributed by atoms with E-state index in [2.05, 4.69) is 220 Å². The lowest BCUT2D eigenvalue weighted by Gasteiger charge is -2.33. The van der Waals surface area contributed by atoms with Gasteiger partial charge in [-0.25, -0.2) is 0 Å². The molecule has 0 aliphatic rings. The first-order valence-electron chi connectivity index (χ1n) is 19.0. The molecular weight excluding hydrogens is 720 g/mol. The summed E-state index contributed by atoms with van der Waals surface area (Å²) in [5.74, 6) is 0. The number of rotatable bonds is 15. The van der Waals surface area contributed by atoms with E-state index in [0.29, 0.717) is 0 Å². The van der Waals surface area contributed by atoms with E-state index in [0.717, 1.165) is 16.7 Å². The van der Waals surface area contributed by atoms with Crippen LogP contribution in [0, 0.1) is 0 Å². The van der Waals surface area contributed by atoms with Crippen molar-refractivity contribution in [3.05, 3.63) is 198 Å². The molecule has 0 radical (unpaired) electrons. The van der Waals surface area contributed by atoms with Gasteiger partial charge >= 0.3 is 7.32 Å². The van der Waals surface area contributed by atoms with Gasteiger partial charge in [-0.1, -0.05) is 199 Å². The third kappa shape index (κ3) is 12.3. The highest BCUT2D eigenvalue weighted by molar-refractivity contribution is 6.88. The lowest BCUT2D eigenvalue weighted by atomic mass is 10.0. The summed E-state index contributed by atoms with van der Waals surface area (Å²) in [5, 5.41) is 0. The van der Waals surface area contributed by atoms with Gasteiger partial charge in [0.05, 0.1) is 0 Å². The van der Waals surface area contributed by atoms with Crippen LogP contribution in [0.5, 0.6) is 0 Å². The highest BCUT2D eigenvalue weighted by atomic mass is 28.4. The van der Waals surface area contributed by atoms with Crippen LogP contribution in [0.2, 0.25) is 39.3 Å². The molecule has 0 fully saturated rings. The molecule has 0 bridgehead atoms. The molecule has 0 aliphatic heterocycles. The van der Waals surface area contributed by atoms with Gasteiger partial charge in [0.1, 0.15) is 0 Å². The molecule has 0 N–H and O–H groups in total. The second kappa shape index (κ2) is 18.2. The molecule has 0 unspecified atom stereocenters. The molecule has 55 heavy (non-hydrogen) atoms. The van der Waals surface area contributed by atoms with E-state index in [4.69, 9.17) is 13.0 Å². The Kier molecular flexibility index (Phi) is 13.2. The van der Waals surface area contributed by atoms with Crippen molar-refractivity contribution in [2.75, 3.05) is 0 Å². The standard InChI is InChI=1S/C48H51BO3Si3/c1-53(2,37-34-40-22-28-46(29-23-40)43-16-10-7-11-17-43)50-49(51-54(3,4)38-35-41-24-30-47(31-25-41)44-18-12-8-13-19-44)52-55(5,6)39-36-42-26-32-48(33-27-42)45-20-14-9-15-21-45/h7-39H,1-6H3/b37-34-,38-35+,39-36+. The summed E-state index contributed by atoms with van der Waals surface area (Å²) in [6.45, 7) is 13.2. The minimum absolute atomic E-state index is 0.801. The Hall–Kier alpha value is -4.86. The maximum absolute atomic E-state index is 6.87. The summed E-state index contributed by atoms with van der Waals surface area (Å²) in [5.41, 5.74) is 17.3.